The van der Waals surface area contributed by atoms with E-state index in [4.69, 9.17) is 0 Å². The topological polar surface area (TPSA) is 3.01 Å². The fourth-order valence-corrected chi connectivity index (χ4v) is 5.46. The minimum Gasteiger partial charge on any atom is -0.312 e. The summed E-state index contributed by atoms with van der Waals surface area (Å²) in [6, 6.07) is 20.5. The zero-order valence-corrected chi connectivity index (χ0v) is 16.8. The summed E-state index contributed by atoms with van der Waals surface area (Å²) in [5.41, 5.74) is 14.4. The summed E-state index contributed by atoms with van der Waals surface area (Å²) in [7, 11) is 2.25. The van der Waals surface area contributed by atoms with Crippen LogP contribution in [-0.4, -0.2) is 30.8 Å². The van der Waals surface area contributed by atoms with Crippen LogP contribution in [0, 0.1) is 20.8 Å². The molecule has 2 aliphatic heterocycles. The molecule has 3 aromatic rings. The molecule has 3 heteroatoms. The number of fused-ring (bicyclic) bond motifs is 2. The Hall–Kier alpha value is -2.54. The Labute approximate surface area is 162 Å². The van der Waals surface area contributed by atoms with Crippen molar-refractivity contribution in [2.24, 2.45) is 0 Å². The highest BCUT2D eigenvalue weighted by Gasteiger charge is 2.52. The smallest absolute Gasteiger partial charge is 0.312 e. The van der Waals surface area contributed by atoms with E-state index in [1.165, 1.54) is 55.3 Å². The zero-order valence-electron chi connectivity index (χ0n) is 16.8. The molecule has 0 bridgehead atoms. The van der Waals surface area contributed by atoms with Crippen molar-refractivity contribution < 1.29 is 4.49 Å². The van der Waals surface area contributed by atoms with E-state index >= 15 is 0 Å². The van der Waals surface area contributed by atoms with Crippen LogP contribution in [0.5, 0.6) is 0 Å². The van der Waals surface area contributed by atoms with Gasteiger partial charge in [-0.2, -0.15) is 0 Å². The monoisotopic (exact) mass is 348 g/mol. The molecule has 0 aromatic heterocycles. The van der Waals surface area contributed by atoms with Gasteiger partial charge >= 0.3 is 6.85 Å². The molecule has 0 saturated carbocycles. The maximum Gasteiger partial charge on any atom is 0.553 e. The van der Waals surface area contributed by atoms with Gasteiger partial charge in [0.1, 0.15) is 7.05 Å². The molecule has 0 unspecified atom stereocenters. The lowest BCUT2D eigenvalue weighted by atomic mass is 9.24. The van der Waals surface area contributed by atoms with Gasteiger partial charge in [0.15, 0.2) is 5.71 Å². The van der Waals surface area contributed by atoms with Crippen LogP contribution in [-0.2, 0) is 0 Å². The fraction of sp³-hybridized carbons (Fsp3) is 0.208. The van der Waals surface area contributed by atoms with Gasteiger partial charge in [0.05, 0.1) is 0 Å². The molecule has 3 aromatic carbocycles. The van der Waals surface area contributed by atoms with Crippen LogP contribution in [0.25, 0.3) is 0 Å². The summed E-state index contributed by atoms with van der Waals surface area (Å²) in [5, 5.41) is 0. The molecule has 27 heavy (non-hydrogen) atoms. The minimum atomic E-state index is 0.312. The van der Waals surface area contributed by atoms with Crippen LogP contribution in [0.2, 0.25) is 0 Å². The number of benzene rings is 3. The van der Waals surface area contributed by atoms with Crippen molar-refractivity contribution in [2.45, 2.75) is 27.7 Å². The average molecular weight is 348 g/mol. The lowest BCUT2D eigenvalue weighted by Crippen LogP contribution is -2.74. The summed E-state index contributed by atoms with van der Waals surface area (Å²) < 4.78 is 2.47. The van der Waals surface area contributed by atoms with E-state index in [1.54, 1.807) is 0 Å². The first kappa shape index (κ1) is 16.6. The van der Waals surface area contributed by atoms with E-state index < -0.39 is 0 Å². The van der Waals surface area contributed by atoms with E-state index in [0.717, 1.165) is 0 Å². The Morgan fingerprint density at radius 1 is 0.630 bits per heavy atom. The predicted molar refractivity (Wildman–Crippen MR) is 119 cm³/mol. The van der Waals surface area contributed by atoms with Crippen molar-refractivity contribution >= 4 is 46.6 Å². The van der Waals surface area contributed by atoms with E-state index in [2.05, 4.69) is 93.8 Å². The standard InChI is InChI=1S/C24H24B2N/c1-15-9-6-10-16(2)22(15)25-20-13-7-11-17(3)23(20)26-24-19(18(4)27(26)5)12-8-14-21(24)25/h6-14H,1-5H3/q+1. The van der Waals surface area contributed by atoms with Crippen molar-refractivity contribution in [3.63, 3.8) is 0 Å². The molecule has 0 amide bonds. The van der Waals surface area contributed by atoms with Crippen molar-refractivity contribution in [2.75, 3.05) is 7.05 Å². The Kier molecular flexibility index (Phi) is 3.53. The van der Waals surface area contributed by atoms with E-state index in [1.807, 2.05) is 0 Å². The quantitative estimate of drug-likeness (QED) is 0.578. The predicted octanol–water partition coefficient (Wildman–Crippen LogP) is 1.01. The molecular weight excluding hydrogens is 324 g/mol. The van der Waals surface area contributed by atoms with Crippen molar-refractivity contribution in [1.29, 1.82) is 0 Å². The number of rotatable bonds is 1. The van der Waals surface area contributed by atoms with Crippen LogP contribution >= 0.6 is 0 Å². The molecule has 0 saturated heterocycles. The number of hydrogen-bond donors (Lipinski definition) is 0. The minimum absolute atomic E-state index is 0.312. The van der Waals surface area contributed by atoms with Gasteiger partial charge in [-0.25, -0.2) is 0 Å². The third-order valence-corrected chi connectivity index (χ3v) is 6.80. The van der Waals surface area contributed by atoms with Crippen molar-refractivity contribution in [1.82, 2.24) is 0 Å². The van der Waals surface area contributed by atoms with E-state index in [9.17, 15) is 0 Å². The molecule has 130 valence electrons. The van der Waals surface area contributed by atoms with E-state index in [-0.39, 0.29) is 0 Å². The molecular formula is C24H24B2N+. The Morgan fingerprint density at radius 2 is 1.15 bits per heavy atom. The molecule has 0 N–H and O–H groups in total. The third-order valence-electron chi connectivity index (χ3n) is 6.80. The SMILES string of the molecule is CC1=[N+](C)B2c3c(C)cccc3B(c3c(C)cccc3C)c3cccc1c32. The molecule has 0 spiro atoms. The van der Waals surface area contributed by atoms with Crippen LogP contribution in [0.15, 0.2) is 54.6 Å². The number of aryl methyl sites for hydroxylation is 3. The van der Waals surface area contributed by atoms with Gasteiger partial charge in [-0.1, -0.05) is 76.0 Å². The van der Waals surface area contributed by atoms with Gasteiger partial charge in [0.25, 0.3) is 0 Å². The Morgan fingerprint density at radius 3 is 1.81 bits per heavy atom. The fourth-order valence-electron chi connectivity index (χ4n) is 5.46. The third kappa shape index (κ3) is 2.12. The molecule has 1 nitrogen and oxygen atoms in total. The van der Waals surface area contributed by atoms with Crippen LogP contribution < -0.4 is 27.3 Å². The normalized spacial score (nSPS) is 14.6. The summed E-state index contributed by atoms with van der Waals surface area (Å²) >= 11 is 0. The molecule has 0 fully saturated rings. The first-order chi connectivity index (χ1) is 13.0. The van der Waals surface area contributed by atoms with Crippen molar-refractivity contribution in [3.8, 4) is 0 Å². The number of nitrogens with zero attached hydrogens (tertiary/aromatic N) is 1. The maximum atomic E-state index is 2.47. The summed E-state index contributed by atoms with van der Waals surface area (Å²) in [6.45, 7) is 9.71. The average Bonchev–Trinajstić information content (AvgIpc) is 2.90. The summed E-state index contributed by atoms with van der Waals surface area (Å²) in [6.07, 6.45) is 0. The largest absolute Gasteiger partial charge is 0.553 e. The first-order valence-electron chi connectivity index (χ1n) is 9.85. The Bertz CT molecular complexity index is 1120. The van der Waals surface area contributed by atoms with Crippen LogP contribution in [0.4, 0.5) is 0 Å². The molecule has 5 rings (SSSR count). The highest BCUT2D eigenvalue weighted by molar-refractivity contribution is 7.07. The lowest BCUT2D eigenvalue weighted by molar-refractivity contribution is -0.344. The zero-order chi connectivity index (χ0) is 18.9. The van der Waals surface area contributed by atoms with Gasteiger partial charge < -0.3 is 4.49 Å². The van der Waals surface area contributed by atoms with Gasteiger partial charge in [0.2, 0.25) is 6.71 Å². The number of hydrogen-bond acceptors (Lipinski definition) is 0. The maximum absolute atomic E-state index is 2.47. The highest BCUT2D eigenvalue weighted by atomic mass is 14.9. The first-order valence-corrected chi connectivity index (χ1v) is 9.85. The van der Waals surface area contributed by atoms with E-state index in [0.29, 0.717) is 13.6 Å². The molecule has 2 aliphatic rings. The van der Waals surface area contributed by atoms with Gasteiger partial charge in [-0.05, 0) is 32.4 Å². The van der Waals surface area contributed by atoms with Gasteiger partial charge in [-0.3, -0.25) is 0 Å². The van der Waals surface area contributed by atoms with Crippen LogP contribution in [0.1, 0.15) is 29.2 Å². The molecule has 2 heterocycles. The second kappa shape index (κ2) is 5.73. The summed E-state index contributed by atoms with van der Waals surface area (Å²) in [4.78, 5) is 0. The second-order valence-corrected chi connectivity index (χ2v) is 8.22. The lowest BCUT2D eigenvalue weighted by Gasteiger charge is -2.29. The highest BCUT2D eigenvalue weighted by Crippen LogP contribution is 2.15. The van der Waals surface area contributed by atoms with Gasteiger partial charge in [0, 0.05) is 23.4 Å². The molecule has 0 radical (unpaired) electrons. The van der Waals surface area contributed by atoms with Gasteiger partial charge in [-0.15, -0.1) is 0 Å². The Balaban J connectivity index is 1.92. The van der Waals surface area contributed by atoms with Crippen molar-refractivity contribution in [3.05, 3.63) is 76.9 Å². The molecule has 0 aliphatic carbocycles. The second-order valence-electron chi connectivity index (χ2n) is 8.22. The summed E-state index contributed by atoms with van der Waals surface area (Å²) in [5.74, 6) is 0. The van der Waals surface area contributed by atoms with Crippen LogP contribution in [0.3, 0.4) is 0 Å². The molecule has 0 atom stereocenters.